The minimum absolute atomic E-state index is 0.104. The molecule has 2 bridgehead atoms. The molecule has 6 aliphatic rings. The van der Waals surface area contributed by atoms with Crippen LogP contribution in [0.2, 0.25) is 0 Å². The summed E-state index contributed by atoms with van der Waals surface area (Å²) in [5, 5.41) is 0. The third kappa shape index (κ3) is 1.33. The topological polar surface area (TPSA) is 32.8 Å². The van der Waals surface area contributed by atoms with E-state index in [1.165, 1.54) is 30.6 Å². The van der Waals surface area contributed by atoms with E-state index in [4.69, 9.17) is 4.74 Å². The van der Waals surface area contributed by atoms with Gasteiger partial charge in [0.2, 0.25) is 5.91 Å². The van der Waals surface area contributed by atoms with Crippen LogP contribution in [0.4, 0.5) is 5.69 Å². The van der Waals surface area contributed by atoms with E-state index >= 15 is 0 Å². The van der Waals surface area contributed by atoms with Crippen LogP contribution >= 0.6 is 0 Å². The van der Waals surface area contributed by atoms with Crippen molar-refractivity contribution >= 4 is 11.6 Å². The number of anilines is 1. The van der Waals surface area contributed by atoms with Gasteiger partial charge in [-0.2, -0.15) is 0 Å². The molecule has 4 fully saturated rings. The highest BCUT2D eigenvalue weighted by Crippen LogP contribution is 2.65. The number of benzene rings is 1. The molecular weight excluding hydrogens is 312 g/mol. The normalized spacial score (nSPS) is 45.9. The van der Waals surface area contributed by atoms with Crippen LogP contribution in [0.15, 0.2) is 35.9 Å². The number of ether oxygens (including phenoxy) is 1. The van der Waals surface area contributed by atoms with Gasteiger partial charge >= 0.3 is 0 Å². The quantitative estimate of drug-likeness (QED) is 0.681. The molecule has 7 rings (SSSR count). The molecule has 5 heterocycles. The monoisotopic (exact) mass is 334 g/mol. The van der Waals surface area contributed by atoms with E-state index in [9.17, 15) is 4.79 Å². The number of hydrogen-bond donors (Lipinski definition) is 0. The average molecular weight is 334 g/mol. The van der Waals surface area contributed by atoms with Crippen molar-refractivity contribution in [3.05, 3.63) is 41.5 Å². The summed E-state index contributed by atoms with van der Waals surface area (Å²) >= 11 is 0. The molecule has 1 saturated carbocycles. The summed E-state index contributed by atoms with van der Waals surface area (Å²) in [5.74, 6) is 1.35. The molecule has 3 saturated heterocycles. The lowest BCUT2D eigenvalue weighted by molar-refractivity contribution is -0.132. The molecule has 0 N–H and O–H groups in total. The van der Waals surface area contributed by atoms with Crippen LogP contribution < -0.4 is 4.90 Å². The minimum atomic E-state index is 0.104. The Morgan fingerprint density at radius 1 is 1.24 bits per heavy atom. The lowest BCUT2D eigenvalue weighted by Crippen LogP contribution is -2.69. The maximum atomic E-state index is 13.2. The zero-order chi connectivity index (χ0) is 16.3. The number of fused-ring (bicyclic) bond motifs is 2. The second kappa shape index (κ2) is 4.18. The van der Waals surface area contributed by atoms with E-state index < -0.39 is 0 Å². The van der Waals surface area contributed by atoms with Crippen LogP contribution in [-0.2, 0) is 14.9 Å². The third-order valence-corrected chi connectivity index (χ3v) is 8.22. The molecular formula is C21H22N2O2. The van der Waals surface area contributed by atoms with Crippen molar-refractivity contribution in [1.82, 2.24) is 4.90 Å². The van der Waals surface area contributed by atoms with Crippen molar-refractivity contribution < 1.29 is 9.53 Å². The summed E-state index contributed by atoms with van der Waals surface area (Å²) in [6.45, 7) is 2.97. The number of piperidine rings is 2. The molecule has 0 aromatic heterocycles. The van der Waals surface area contributed by atoms with Crippen LogP contribution in [0.1, 0.15) is 24.8 Å². The first kappa shape index (κ1) is 13.5. The number of carbonyl (C=O) groups excluding carboxylic acids is 1. The zero-order valence-corrected chi connectivity index (χ0v) is 14.2. The number of para-hydroxylation sites is 1. The molecule has 1 aliphatic carbocycles. The fourth-order valence-corrected chi connectivity index (χ4v) is 7.51. The van der Waals surface area contributed by atoms with Crippen LogP contribution in [0, 0.1) is 11.8 Å². The predicted molar refractivity (Wildman–Crippen MR) is 93.4 cm³/mol. The van der Waals surface area contributed by atoms with Gasteiger partial charge < -0.3 is 9.64 Å². The predicted octanol–water partition coefficient (Wildman–Crippen LogP) is 2.09. The Morgan fingerprint density at radius 3 is 3.12 bits per heavy atom. The summed E-state index contributed by atoms with van der Waals surface area (Å²) in [6, 6.07) is 9.64. The number of nitrogens with zero attached hydrogens (tertiary/aromatic N) is 2. The molecule has 0 unspecified atom stereocenters. The summed E-state index contributed by atoms with van der Waals surface area (Å²) in [6.07, 6.45) is 5.43. The summed E-state index contributed by atoms with van der Waals surface area (Å²) in [5.41, 5.74) is 4.35. The summed E-state index contributed by atoms with van der Waals surface area (Å²) in [4.78, 5) is 18.1. The molecule has 1 aromatic carbocycles. The van der Waals surface area contributed by atoms with Gasteiger partial charge in [0.25, 0.3) is 0 Å². The maximum Gasteiger partial charge on any atom is 0.229 e. The van der Waals surface area contributed by atoms with E-state index in [-0.39, 0.29) is 17.4 Å². The second-order valence-corrected chi connectivity index (χ2v) is 8.78. The van der Waals surface area contributed by atoms with E-state index in [2.05, 4.69) is 40.1 Å². The van der Waals surface area contributed by atoms with Crippen molar-refractivity contribution in [3.8, 4) is 0 Å². The molecule has 5 aliphatic heterocycles. The van der Waals surface area contributed by atoms with Crippen molar-refractivity contribution in [2.24, 2.45) is 11.8 Å². The number of rotatable bonds is 0. The highest BCUT2D eigenvalue weighted by Gasteiger charge is 2.70. The molecule has 6 atom stereocenters. The Morgan fingerprint density at radius 2 is 2.16 bits per heavy atom. The number of carbonyl (C=O) groups is 1. The summed E-state index contributed by atoms with van der Waals surface area (Å²) < 4.78 is 6.25. The second-order valence-electron chi connectivity index (χ2n) is 8.78. The van der Waals surface area contributed by atoms with Gasteiger partial charge in [-0.15, -0.1) is 0 Å². The van der Waals surface area contributed by atoms with Gasteiger partial charge in [0, 0.05) is 29.6 Å². The fraction of sp³-hybridized carbons (Fsp3) is 0.571. The largest absolute Gasteiger partial charge is 0.373 e. The molecule has 25 heavy (non-hydrogen) atoms. The molecule has 4 heteroatoms. The van der Waals surface area contributed by atoms with Gasteiger partial charge in [-0.3, -0.25) is 9.69 Å². The Balaban J connectivity index is 1.55. The number of hydrogen-bond acceptors (Lipinski definition) is 3. The lowest BCUT2D eigenvalue weighted by atomic mass is 9.53. The Hall–Kier alpha value is -1.65. The molecule has 0 radical (unpaired) electrons. The van der Waals surface area contributed by atoms with E-state index in [0.717, 1.165) is 6.54 Å². The van der Waals surface area contributed by atoms with E-state index in [1.54, 1.807) is 5.57 Å². The van der Waals surface area contributed by atoms with Crippen molar-refractivity contribution in [2.75, 3.05) is 24.6 Å². The van der Waals surface area contributed by atoms with Gasteiger partial charge in [-0.05, 0) is 36.9 Å². The zero-order valence-electron chi connectivity index (χ0n) is 14.2. The lowest BCUT2D eigenvalue weighted by Gasteiger charge is -2.58. The van der Waals surface area contributed by atoms with Crippen LogP contribution in [0.5, 0.6) is 0 Å². The Kier molecular flexibility index (Phi) is 2.27. The standard InChI is InChI=1S/C21H22N2O2/c24-18-10-16-19-13-9-17-21(6-7-22(17)11-12(13)5-8-25-16)14-3-1-2-4-15(14)23(18)20(19)21/h1-5,13,16-17,19-20H,6-11H2/t13-,16-,17+,19-,20+,21+/m0/s1. The van der Waals surface area contributed by atoms with E-state index in [0.29, 0.717) is 36.9 Å². The maximum absolute atomic E-state index is 13.2. The van der Waals surface area contributed by atoms with Crippen molar-refractivity contribution in [1.29, 1.82) is 0 Å². The Bertz CT molecular complexity index is 848. The van der Waals surface area contributed by atoms with Gasteiger partial charge in [-0.1, -0.05) is 29.8 Å². The van der Waals surface area contributed by atoms with E-state index in [1.807, 2.05) is 0 Å². The molecule has 1 aromatic rings. The van der Waals surface area contributed by atoms with Crippen LogP contribution in [-0.4, -0.2) is 48.7 Å². The smallest absolute Gasteiger partial charge is 0.229 e. The van der Waals surface area contributed by atoms with Crippen molar-refractivity contribution in [2.45, 2.75) is 42.9 Å². The number of amides is 1. The summed E-state index contributed by atoms with van der Waals surface area (Å²) in [7, 11) is 0. The SMILES string of the molecule is O=C1C[C@@H]2OCC=C3CN4CC[C@]56c7ccccc7N1[C@@H]5[C@H]2[C@H]3C[C@@H]46. The first-order chi connectivity index (χ1) is 12.3. The van der Waals surface area contributed by atoms with Gasteiger partial charge in [0.05, 0.1) is 25.2 Å². The van der Waals surface area contributed by atoms with Crippen molar-refractivity contribution in [3.63, 3.8) is 0 Å². The van der Waals surface area contributed by atoms with Crippen LogP contribution in [0.25, 0.3) is 0 Å². The van der Waals surface area contributed by atoms with Gasteiger partial charge in [-0.25, -0.2) is 0 Å². The van der Waals surface area contributed by atoms with Gasteiger partial charge in [0.1, 0.15) is 0 Å². The first-order valence-electron chi connectivity index (χ1n) is 9.75. The first-order valence-corrected chi connectivity index (χ1v) is 9.75. The molecule has 4 nitrogen and oxygen atoms in total. The minimum Gasteiger partial charge on any atom is -0.373 e. The highest BCUT2D eigenvalue weighted by atomic mass is 16.5. The average Bonchev–Trinajstić information content (AvgIpc) is 3.10. The fourth-order valence-electron chi connectivity index (χ4n) is 7.51. The molecule has 128 valence electrons. The van der Waals surface area contributed by atoms with Gasteiger partial charge in [0.15, 0.2) is 0 Å². The van der Waals surface area contributed by atoms with Crippen LogP contribution in [0.3, 0.4) is 0 Å². The molecule has 1 spiro atoms. The third-order valence-electron chi connectivity index (χ3n) is 8.22. The molecule has 1 amide bonds. The Labute approximate surface area is 147 Å². The highest BCUT2D eigenvalue weighted by molar-refractivity contribution is 5.99.